The van der Waals surface area contributed by atoms with Gasteiger partial charge in [-0.2, -0.15) is 0 Å². The third kappa shape index (κ3) is 4.08. The molecule has 0 heterocycles. The van der Waals surface area contributed by atoms with Gasteiger partial charge in [-0.05, 0) is 42.5 Å². The monoisotopic (exact) mass is 283 g/mol. The van der Waals surface area contributed by atoms with E-state index in [1.54, 1.807) is 0 Å². The molecule has 0 bridgehead atoms. The Morgan fingerprint density at radius 1 is 0.952 bits per heavy atom. The van der Waals surface area contributed by atoms with Crippen molar-refractivity contribution in [3.05, 3.63) is 64.7 Å². The van der Waals surface area contributed by atoms with Crippen molar-refractivity contribution >= 4 is 5.69 Å². The first-order chi connectivity index (χ1) is 9.97. The van der Waals surface area contributed by atoms with Crippen LogP contribution in [0.3, 0.4) is 0 Å². The molecule has 0 aliphatic carbocycles. The van der Waals surface area contributed by atoms with Gasteiger partial charge in [0.25, 0.3) is 0 Å². The van der Waals surface area contributed by atoms with Crippen LogP contribution in [-0.2, 0) is 0 Å². The number of nitrogens with one attached hydrogen (secondary N) is 1. The van der Waals surface area contributed by atoms with Crippen LogP contribution in [0.2, 0.25) is 0 Å². The zero-order valence-corrected chi connectivity index (χ0v) is 13.4. The van der Waals surface area contributed by atoms with E-state index in [2.05, 4.69) is 63.3 Å². The highest BCUT2D eigenvalue weighted by molar-refractivity contribution is 5.52. The molecule has 0 saturated carbocycles. The Morgan fingerprint density at radius 2 is 1.57 bits per heavy atom. The van der Waals surface area contributed by atoms with Gasteiger partial charge in [-0.15, -0.1) is 0 Å². The summed E-state index contributed by atoms with van der Waals surface area (Å²) in [6, 6.07) is 14.5. The molecule has 21 heavy (non-hydrogen) atoms. The maximum atomic E-state index is 10.3. The SMILES string of the molecule is Cc1ccc(NCC(O)c2ccc(C(C)C)cc2)c(C)c1. The summed E-state index contributed by atoms with van der Waals surface area (Å²) in [6.07, 6.45) is -0.494. The van der Waals surface area contributed by atoms with Crippen LogP contribution < -0.4 is 5.32 Å². The van der Waals surface area contributed by atoms with Crippen LogP contribution in [0.5, 0.6) is 0 Å². The van der Waals surface area contributed by atoms with Gasteiger partial charge in [-0.1, -0.05) is 55.8 Å². The summed E-state index contributed by atoms with van der Waals surface area (Å²) >= 11 is 0. The van der Waals surface area contributed by atoms with Gasteiger partial charge < -0.3 is 10.4 Å². The topological polar surface area (TPSA) is 32.3 Å². The molecule has 2 heteroatoms. The summed E-state index contributed by atoms with van der Waals surface area (Å²) in [6.45, 7) is 9.03. The number of aliphatic hydroxyl groups is 1. The highest BCUT2D eigenvalue weighted by atomic mass is 16.3. The second-order valence-corrected chi connectivity index (χ2v) is 6.04. The van der Waals surface area contributed by atoms with Crippen LogP contribution in [0, 0.1) is 13.8 Å². The molecule has 0 fully saturated rings. The standard InChI is InChI=1S/C19H25NO/c1-13(2)16-6-8-17(9-7-16)19(21)12-20-18-10-5-14(3)11-15(18)4/h5-11,13,19-21H,12H2,1-4H3. The Balaban J connectivity index is 1.99. The van der Waals surface area contributed by atoms with Crippen LogP contribution in [-0.4, -0.2) is 11.7 Å². The van der Waals surface area contributed by atoms with Crippen molar-refractivity contribution in [3.8, 4) is 0 Å². The highest BCUT2D eigenvalue weighted by Gasteiger charge is 2.09. The minimum atomic E-state index is -0.494. The normalized spacial score (nSPS) is 12.5. The predicted molar refractivity (Wildman–Crippen MR) is 89.9 cm³/mol. The van der Waals surface area contributed by atoms with Crippen LogP contribution in [0.25, 0.3) is 0 Å². The molecule has 112 valence electrons. The van der Waals surface area contributed by atoms with E-state index >= 15 is 0 Å². The third-order valence-electron chi connectivity index (χ3n) is 3.86. The summed E-state index contributed by atoms with van der Waals surface area (Å²) in [5, 5.41) is 13.6. The van der Waals surface area contributed by atoms with E-state index in [1.807, 2.05) is 12.1 Å². The number of benzene rings is 2. The highest BCUT2D eigenvalue weighted by Crippen LogP contribution is 2.21. The molecule has 2 rings (SSSR count). The van der Waals surface area contributed by atoms with Crippen LogP contribution >= 0.6 is 0 Å². The summed E-state index contributed by atoms with van der Waals surface area (Å²) in [4.78, 5) is 0. The molecular formula is C19H25NO. The quantitative estimate of drug-likeness (QED) is 0.842. The van der Waals surface area contributed by atoms with Crippen molar-refractivity contribution in [2.24, 2.45) is 0 Å². The van der Waals surface area contributed by atoms with Crippen LogP contribution in [0.4, 0.5) is 5.69 Å². The lowest BCUT2D eigenvalue weighted by molar-refractivity contribution is 0.191. The van der Waals surface area contributed by atoms with Gasteiger partial charge >= 0.3 is 0 Å². The van der Waals surface area contributed by atoms with Gasteiger partial charge in [0.15, 0.2) is 0 Å². The summed E-state index contributed by atoms with van der Waals surface area (Å²) in [5.41, 5.74) is 5.80. The molecule has 0 radical (unpaired) electrons. The zero-order chi connectivity index (χ0) is 15.4. The van der Waals surface area contributed by atoms with Gasteiger partial charge in [-0.25, -0.2) is 0 Å². The van der Waals surface area contributed by atoms with E-state index in [0.29, 0.717) is 12.5 Å². The average molecular weight is 283 g/mol. The minimum Gasteiger partial charge on any atom is -0.387 e. The van der Waals surface area contributed by atoms with E-state index in [0.717, 1.165) is 11.3 Å². The molecule has 2 aromatic rings. The fourth-order valence-electron chi connectivity index (χ4n) is 2.44. The molecule has 2 nitrogen and oxygen atoms in total. The molecule has 0 aliphatic heterocycles. The molecule has 1 atom stereocenters. The Morgan fingerprint density at radius 3 is 2.14 bits per heavy atom. The predicted octanol–water partition coefficient (Wildman–Crippen LogP) is 4.57. The first-order valence-corrected chi connectivity index (χ1v) is 7.56. The molecule has 2 N–H and O–H groups in total. The first-order valence-electron chi connectivity index (χ1n) is 7.56. The molecule has 1 unspecified atom stereocenters. The van der Waals surface area contributed by atoms with Crippen LogP contribution in [0.15, 0.2) is 42.5 Å². The number of aryl methyl sites for hydroxylation is 2. The second kappa shape index (κ2) is 6.77. The Bertz CT molecular complexity index is 587. The lowest BCUT2D eigenvalue weighted by Crippen LogP contribution is -2.12. The van der Waals surface area contributed by atoms with Crippen molar-refractivity contribution < 1.29 is 5.11 Å². The molecule has 2 aromatic carbocycles. The van der Waals surface area contributed by atoms with E-state index < -0.39 is 6.10 Å². The van der Waals surface area contributed by atoms with Crippen molar-refractivity contribution in [1.82, 2.24) is 0 Å². The number of rotatable bonds is 5. The lowest BCUT2D eigenvalue weighted by Gasteiger charge is -2.16. The smallest absolute Gasteiger partial charge is 0.0962 e. The van der Waals surface area contributed by atoms with Crippen LogP contribution in [0.1, 0.15) is 48.1 Å². The van der Waals surface area contributed by atoms with Crippen molar-refractivity contribution in [1.29, 1.82) is 0 Å². The lowest BCUT2D eigenvalue weighted by atomic mass is 10.00. The summed E-state index contributed by atoms with van der Waals surface area (Å²) in [7, 11) is 0. The van der Waals surface area contributed by atoms with Gasteiger partial charge in [0.2, 0.25) is 0 Å². The van der Waals surface area contributed by atoms with E-state index in [4.69, 9.17) is 0 Å². The number of anilines is 1. The van der Waals surface area contributed by atoms with Gasteiger partial charge in [0.1, 0.15) is 0 Å². The Kier molecular flexibility index (Phi) is 5.03. The first kappa shape index (κ1) is 15.6. The molecule has 0 aromatic heterocycles. The second-order valence-electron chi connectivity index (χ2n) is 6.04. The number of hydrogen-bond acceptors (Lipinski definition) is 2. The molecular weight excluding hydrogens is 258 g/mol. The largest absolute Gasteiger partial charge is 0.387 e. The summed E-state index contributed by atoms with van der Waals surface area (Å²) < 4.78 is 0. The van der Waals surface area contributed by atoms with E-state index in [9.17, 15) is 5.11 Å². The minimum absolute atomic E-state index is 0.494. The van der Waals surface area contributed by atoms with Crippen molar-refractivity contribution in [3.63, 3.8) is 0 Å². The van der Waals surface area contributed by atoms with Crippen molar-refractivity contribution in [2.75, 3.05) is 11.9 Å². The number of aliphatic hydroxyl groups excluding tert-OH is 1. The Labute approximate surface area is 127 Å². The average Bonchev–Trinajstić information content (AvgIpc) is 2.46. The molecule has 0 saturated heterocycles. The van der Waals surface area contributed by atoms with E-state index in [-0.39, 0.29) is 0 Å². The fraction of sp³-hybridized carbons (Fsp3) is 0.368. The molecule has 0 aliphatic rings. The van der Waals surface area contributed by atoms with Gasteiger partial charge in [0.05, 0.1) is 6.10 Å². The van der Waals surface area contributed by atoms with E-state index in [1.165, 1.54) is 16.7 Å². The zero-order valence-electron chi connectivity index (χ0n) is 13.4. The third-order valence-corrected chi connectivity index (χ3v) is 3.86. The molecule has 0 amide bonds. The maximum absolute atomic E-state index is 10.3. The summed E-state index contributed by atoms with van der Waals surface area (Å²) in [5.74, 6) is 0.518. The van der Waals surface area contributed by atoms with Gasteiger partial charge in [-0.3, -0.25) is 0 Å². The fourth-order valence-corrected chi connectivity index (χ4v) is 2.44. The Hall–Kier alpha value is -1.80. The molecule has 0 spiro atoms. The maximum Gasteiger partial charge on any atom is 0.0962 e. The van der Waals surface area contributed by atoms with Crippen molar-refractivity contribution in [2.45, 2.75) is 39.7 Å². The number of hydrogen-bond donors (Lipinski definition) is 2. The van der Waals surface area contributed by atoms with Gasteiger partial charge in [0, 0.05) is 12.2 Å².